The summed E-state index contributed by atoms with van der Waals surface area (Å²) in [5, 5.41) is 14.3. The van der Waals surface area contributed by atoms with E-state index in [1.807, 2.05) is 0 Å². The molecule has 2 rings (SSSR count). The molecule has 8 heteroatoms. The molecule has 21 heavy (non-hydrogen) atoms. The van der Waals surface area contributed by atoms with Crippen molar-refractivity contribution in [1.29, 1.82) is 0 Å². The average molecular weight is 297 g/mol. The molecular formula is C13H19N3O5. The lowest BCUT2D eigenvalue weighted by atomic mass is 9.73. The van der Waals surface area contributed by atoms with Crippen LogP contribution in [0, 0.1) is 5.92 Å². The average Bonchev–Trinajstić information content (AvgIpc) is 2.73. The molecule has 1 saturated heterocycles. The van der Waals surface area contributed by atoms with Crippen molar-refractivity contribution in [2.45, 2.75) is 38.1 Å². The Morgan fingerprint density at radius 1 is 1.43 bits per heavy atom. The Morgan fingerprint density at radius 2 is 2.14 bits per heavy atom. The maximum absolute atomic E-state index is 12.1. The minimum absolute atomic E-state index is 0.132. The standard InChI is InChI=1S/C13H19N3O5/c1-8-4-2-3-5-13(8,11(19)20)15-9(17)7-16-10(18)6-14-12(16)21/h8H,2-7H2,1H3,(H,14,21)(H,15,17)(H,19,20). The quantitative estimate of drug-likeness (QED) is 0.615. The van der Waals surface area contributed by atoms with Crippen LogP contribution in [0.2, 0.25) is 0 Å². The summed E-state index contributed by atoms with van der Waals surface area (Å²) in [5.41, 5.74) is -1.31. The molecule has 1 aliphatic heterocycles. The first-order valence-corrected chi connectivity index (χ1v) is 6.99. The van der Waals surface area contributed by atoms with E-state index >= 15 is 0 Å². The van der Waals surface area contributed by atoms with Crippen molar-refractivity contribution >= 4 is 23.8 Å². The third-order valence-corrected chi connectivity index (χ3v) is 4.28. The second-order valence-corrected chi connectivity index (χ2v) is 5.61. The van der Waals surface area contributed by atoms with E-state index in [2.05, 4.69) is 10.6 Å². The molecule has 0 aromatic carbocycles. The number of rotatable bonds is 4. The summed E-state index contributed by atoms with van der Waals surface area (Å²) in [7, 11) is 0. The molecule has 2 atom stereocenters. The van der Waals surface area contributed by atoms with Gasteiger partial charge in [0.25, 0.3) is 5.91 Å². The van der Waals surface area contributed by atoms with Crippen molar-refractivity contribution in [1.82, 2.24) is 15.5 Å². The third kappa shape index (κ3) is 2.84. The molecule has 8 nitrogen and oxygen atoms in total. The van der Waals surface area contributed by atoms with E-state index in [1.54, 1.807) is 6.92 Å². The van der Waals surface area contributed by atoms with Crippen LogP contribution in [0.3, 0.4) is 0 Å². The Hall–Kier alpha value is -2.12. The fraction of sp³-hybridized carbons (Fsp3) is 0.692. The van der Waals surface area contributed by atoms with E-state index in [-0.39, 0.29) is 12.5 Å². The van der Waals surface area contributed by atoms with Gasteiger partial charge >= 0.3 is 12.0 Å². The minimum Gasteiger partial charge on any atom is -0.479 e. The SMILES string of the molecule is CC1CCCCC1(NC(=O)CN1C(=O)CNC1=O)C(=O)O. The number of aliphatic carboxylic acids is 1. The lowest BCUT2D eigenvalue weighted by molar-refractivity contribution is -0.152. The predicted molar refractivity (Wildman–Crippen MR) is 71.3 cm³/mol. The maximum atomic E-state index is 12.1. The van der Waals surface area contributed by atoms with Crippen LogP contribution in [-0.2, 0) is 14.4 Å². The first kappa shape index (κ1) is 15.3. The van der Waals surface area contributed by atoms with Gasteiger partial charge in [-0.15, -0.1) is 0 Å². The summed E-state index contributed by atoms with van der Waals surface area (Å²) in [5.74, 6) is -2.39. The fourth-order valence-corrected chi connectivity index (χ4v) is 2.95. The number of carbonyl (C=O) groups excluding carboxylic acids is 3. The molecule has 1 aliphatic carbocycles. The van der Waals surface area contributed by atoms with E-state index in [0.29, 0.717) is 6.42 Å². The van der Waals surface area contributed by atoms with Crippen molar-refractivity contribution < 1.29 is 24.3 Å². The molecule has 0 bridgehead atoms. The Morgan fingerprint density at radius 3 is 2.67 bits per heavy atom. The van der Waals surface area contributed by atoms with Crippen molar-refractivity contribution in [2.24, 2.45) is 5.92 Å². The maximum Gasteiger partial charge on any atom is 0.329 e. The zero-order valence-corrected chi connectivity index (χ0v) is 11.8. The number of carboxylic acid groups (broad SMARTS) is 1. The summed E-state index contributed by atoms with van der Waals surface area (Å²) in [6.07, 6.45) is 2.73. The molecule has 0 radical (unpaired) electrons. The molecule has 2 fully saturated rings. The van der Waals surface area contributed by atoms with Gasteiger partial charge < -0.3 is 15.7 Å². The molecule has 2 unspecified atom stereocenters. The summed E-state index contributed by atoms with van der Waals surface area (Å²) >= 11 is 0. The number of carboxylic acids is 1. The van der Waals surface area contributed by atoms with E-state index in [4.69, 9.17) is 0 Å². The second kappa shape index (κ2) is 5.71. The highest BCUT2D eigenvalue weighted by atomic mass is 16.4. The number of carbonyl (C=O) groups is 4. The van der Waals surface area contributed by atoms with Gasteiger partial charge in [0, 0.05) is 0 Å². The normalized spacial score (nSPS) is 29.2. The van der Waals surface area contributed by atoms with E-state index in [9.17, 15) is 24.3 Å². The smallest absolute Gasteiger partial charge is 0.329 e. The van der Waals surface area contributed by atoms with Crippen LogP contribution in [0.4, 0.5) is 4.79 Å². The van der Waals surface area contributed by atoms with Crippen molar-refractivity contribution in [2.75, 3.05) is 13.1 Å². The van der Waals surface area contributed by atoms with Crippen LogP contribution >= 0.6 is 0 Å². The molecule has 0 spiro atoms. The number of nitrogens with one attached hydrogen (secondary N) is 2. The predicted octanol–water partition coefficient (Wildman–Crippen LogP) is -0.312. The first-order valence-electron chi connectivity index (χ1n) is 6.99. The van der Waals surface area contributed by atoms with Crippen LogP contribution in [-0.4, -0.2) is 52.4 Å². The monoisotopic (exact) mass is 297 g/mol. The van der Waals surface area contributed by atoms with Crippen molar-refractivity contribution in [3.05, 3.63) is 0 Å². The minimum atomic E-state index is -1.31. The Balaban J connectivity index is 2.07. The van der Waals surface area contributed by atoms with E-state index in [1.165, 1.54) is 0 Å². The second-order valence-electron chi connectivity index (χ2n) is 5.61. The molecule has 0 aromatic heterocycles. The highest BCUT2D eigenvalue weighted by Gasteiger charge is 2.46. The number of urea groups is 1. The number of hydrogen-bond acceptors (Lipinski definition) is 4. The molecule has 3 N–H and O–H groups in total. The zero-order valence-electron chi connectivity index (χ0n) is 11.8. The largest absolute Gasteiger partial charge is 0.479 e. The van der Waals surface area contributed by atoms with Gasteiger partial charge in [-0.2, -0.15) is 0 Å². The van der Waals surface area contributed by atoms with Gasteiger partial charge in [-0.25, -0.2) is 9.59 Å². The highest BCUT2D eigenvalue weighted by Crippen LogP contribution is 2.33. The molecular weight excluding hydrogens is 278 g/mol. The van der Waals surface area contributed by atoms with Gasteiger partial charge in [-0.3, -0.25) is 14.5 Å². The zero-order chi connectivity index (χ0) is 15.6. The van der Waals surface area contributed by atoms with Gasteiger partial charge in [0.15, 0.2) is 0 Å². The molecule has 0 aromatic rings. The van der Waals surface area contributed by atoms with Gasteiger partial charge in [0.1, 0.15) is 12.1 Å². The number of nitrogens with zero attached hydrogens (tertiary/aromatic N) is 1. The van der Waals surface area contributed by atoms with Gasteiger partial charge in [0.2, 0.25) is 5.91 Å². The molecule has 4 amide bonds. The topological polar surface area (TPSA) is 116 Å². The van der Waals surface area contributed by atoms with Crippen molar-refractivity contribution in [3.63, 3.8) is 0 Å². The summed E-state index contributed by atoms with van der Waals surface area (Å²) in [4.78, 5) is 47.3. The van der Waals surface area contributed by atoms with Gasteiger partial charge in [0.05, 0.1) is 6.54 Å². The number of imide groups is 1. The fourth-order valence-electron chi connectivity index (χ4n) is 2.95. The first-order chi connectivity index (χ1) is 9.86. The molecule has 1 heterocycles. The summed E-state index contributed by atoms with van der Waals surface area (Å²) < 4.78 is 0. The summed E-state index contributed by atoms with van der Waals surface area (Å²) in [6.45, 7) is 1.21. The Bertz CT molecular complexity index is 476. The van der Waals surface area contributed by atoms with Crippen LogP contribution in [0.1, 0.15) is 32.6 Å². The molecule has 116 valence electrons. The lowest BCUT2D eigenvalue weighted by Crippen LogP contribution is -2.61. The number of amides is 4. The Kier molecular flexibility index (Phi) is 4.15. The number of hydrogen-bond donors (Lipinski definition) is 3. The lowest BCUT2D eigenvalue weighted by Gasteiger charge is -2.39. The highest BCUT2D eigenvalue weighted by molar-refractivity contribution is 6.04. The van der Waals surface area contributed by atoms with Crippen LogP contribution in [0.25, 0.3) is 0 Å². The van der Waals surface area contributed by atoms with Gasteiger partial charge in [-0.05, 0) is 18.8 Å². The van der Waals surface area contributed by atoms with E-state index < -0.39 is 35.9 Å². The van der Waals surface area contributed by atoms with E-state index in [0.717, 1.165) is 24.2 Å². The third-order valence-electron chi connectivity index (χ3n) is 4.28. The molecule has 1 saturated carbocycles. The van der Waals surface area contributed by atoms with Crippen LogP contribution < -0.4 is 10.6 Å². The van der Waals surface area contributed by atoms with Crippen LogP contribution in [0.5, 0.6) is 0 Å². The van der Waals surface area contributed by atoms with Crippen LogP contribution in [0.15, 0.2) is 0 Å². The van der Waals surface area contributed by atoms with Crippen molar-refractivity contribution in [3.8, 4) is 0 Å². The summed E-state index contributed by atoms with van der Waals surface area (Å²) in [6, 6.07) is -0.629. The Labute approximate surface area is 121 Å². The molecule has 2 aliphatic rings. The van der Waals surface area contributed by atoms with Gasteiger partial charge in [-0.1, -0.05) is 19.8 Å².